The molecule has 0 aromatic rings. The molecule has 2 amide bonds. The number of amides is 2. The zero-order valence-corrected chi connectivity index (χ0v) is 12.0. The van der Waals surface area contributed by atoms with E-state index < -0.39 is 0 Å². The van der Waals surface area contributed by atoms with Crippen molar-refractivity contribution in [1.29, 1.82) is 0 Å². The van der Waals surface area contributed by atoms with E-state index in [-0.39, 0.29) is 28.9 Å². The summed E-state index contributed by atoms with van der Waals surface area (Å²) < 4.78 is 0. The molecular formula is C14H24N2O2. The van der Waals surface area contributed by atoms with E-state index in [0.29, 0.717) is 0 Å². The third kappa shape index (κ3) is 2.92. The number of carbonyl (C=O) groups is 2. The lowest BCUT2D eigenvalue weighted by atomic mass is 9.77. The van der Waals surface area contributed by atoms with Crippen LogP contribution in [0.15, 0.2) is 12.7 Å². The Morgan fingerprint density at radius 2 is 1.67 bits per heavy atom. The molecule has 1 N–H and O–H groups in total. The van der Waals surface area contributed by atoms with Crippen molar-refractivity contribution >= 4 is 11.8 Å². The van der Waals surface area contributed by atoms with Crippen LogP contribution in [0.25, 0.3) is 0 Å². The molecule has 0 aromatic carbocycles. The van der Waals surface area contributed by atoms with Crippen LogP contribution in [0.5, 0.6) is 0 Å². The monoisotopic (exact) mass is 252 g/mol. The predicted octanol–water partition coefficient (Wildman–Crippen LogP) is 1.86. The van der Waals surface area contributed by atoms with E-state index in [0.717, 1.165) is 12.8 Å². The first-order chi connectivity index (χ1) is 8.10. The molecule has 0 unspecified atom stereocenters. The Bertz CT molecular complexity index is 354. The fourth-order valence-corrected chi connectivity index (χ4v) is 3.49. The maximum atomic E-state index is 11.8. The second-order valence-electron chi connectivity index (χ2n) is 6.30. The van der Waals surface area contributed by atoms with Crippen LogP contribution in [0.1, 0.15) is 47.5 Å². The van der Waals surface area contributed by atoms with Crippen LogP contribution >= 0.6 is 0 Å². The summed E-state index contributed by atoms with van der Waals surface area (Å²) in [5.41, 5.74) is -0.514. The van der Waals surface area contributed by atoms with E-state index in [1.165, 1.54) is 6.08 Å². The van der Waals surface area contributed by atoms with Crippen molar-refractivity contribution < 1.29 is 9.59 Å². The highest BCUT2D eigenvalue weighted by atomic mass is 16.2. The van der Waals surface area contributed by atoms with Gasteiger partial charge in [-0.3, -0.25) is 9.59 Å². The summed E-state index contributed by atoms with van der Waals surface area (Å²) in [5, 5.41) is 2.94. The SMILES string of the molecule is C=CC(=O)NC1CC(C)(C)N(C(C)=O)C(C)(C)C1. The zero-order chi connectivity index (χ0) is 14.1. The van der Waals surface area contributed by atoms with Gasteiger partial charge in [0.15, 0.2) is 0 Å². The largest absolute Gasteiger partial charge is 0.350 e. The van der Waals surface area contributed by atoms with Gasteiger partial charge in [-0.15, -0.1) is 0 Å². The molecule has 4 heteroatoms. The van der Waals surface area contributed by atoms with Crippen LogP contribution < -0.4 is 5.32 Å². The molecule has 0 aliphatic carbocycles. The molecule has 1 fully saturated rings. The highest BCUT2D eigenvalue weighted by Crippen LogP contribution is 2.38. The van der Waals surface area contributed by atoms with Crippen LogP contribution in [0.3, 0.4) is 0 Å². The Morgan fingerprint density at radius 1 is 1.22 bits per heavy atom. The lowest BCUT2D eigenvalue weighted by Crippen LogP contribution is -2.65. The van der Waals surface area contributed by atoms with Gasteiger partial charge in [-0.1, -0.05) is 6.58 Å². The number of nitrogens with one attached hydrogen (secondary N) is 1. The average molecular weight is 252 g/mol. The van der Waals surface area contributed by atoms with E-state index in [4.69, 9.17) is 0 Å². The summed E-state index contributed by atoms with van der Waals surface area (Å²) in [6.45, 7) is 13.2. The van der Waals surface area contributed by atoms with Gasteiger partial charge in [-0.2, -0.15) is 0 Å². The number of rotatable bonds is 2. The number of likely N-dealkylation sites (tertiary alicyclic amines) is 1. The molecule has 0 radical (unpaired) electrons. The molecule has 4 nitrogen and oxygen atoms in total. The summed E-state index contributed by atoms with van der Waals surface area (Å²) in [7, 11) is 0. The van der Waals surface area contributed by atoms with Crippen molar-refractivity contribution in [1.82, 2.24) is 10.2 Å². The van der Waals surface area contributed by atoms with E-state index in [1.54, 1.807) is 6.92 Å². The molecule has 0 bridgehead atoms. The lowest BCUT2D eigenvalue weighted by molar-refractivity contribution is -0.147. The first-order valence-corrected chi connectivity index (χ1v) is 6.34. The summed E-state index contributed by atoms with van der Waals surface area (Å²) in [6, 6.07) is 0.0797. The Labute approximate surface area is 109 Å². The van der Waals surface area contributed by atoms with Crippen LogP contribution in [0, 0.1) is 0 Å². The van der Waals surface area contributed by atoms with Gasteiger partial charge in [0.25, 0.3) is 0 Å². The summed E-state index contributed by atoms with van der Waals surface area (Å²) >= 11 is 0. The molecule has 102 valence electrons. The standard InChI is InChI=1S/C14H24N2O2/c1-7-12(18)15-11-8-13(3,4)16(10(2)17)14(5,6)9-11/h7,11H,1,8-9H2,2-6H3,(H,15,18). The quantitative estimate of drug-likeness (QED) is 0.763. The van der Waals surface area contributed by atoms with Crippen molar-refractivity contribution in [2.24, 2.45) is 0 Å². The van der Waals surface area contributed by atoms with E-state index in [9.17, 15) is 9.59 Å². The summed E-state index contributed by atoms with van der Waals surface area (Å²) in [5.74, 6) is -0.0682. The molecule has 0 spiro atoms. The molecule has 1 saturated heterocycles. The van der Waals surface area contributed by atoms with Gasteiger partial charge in [0, 0.05) is 24.0 Å². The van der Waals surface area contributed by atoms with Crippen LogP contribution in [-0.2, 0) is 9.59 Å². The smallest absolute Gasteiger partial charge is 0.243 e. The van der Waals surface area contributed by atoms with Gasteiger partial charge in [-0.25, -0.2) is 0 Å². The molecular weight excluding hydrogens is 228 g/mol. The van der Waals surface area contributed by atoms with Gasteiger partial charge >= 0.3 is 0 Å². The highest BCUT2D eigenvalue weighted by Gasteiger charge is 2.46. The fourth-order valence-electron chi connectivity index (χ4n) is 3.49. The predicted molar refractivity (Wildman–Crippen MR) is 72.0 cm³/mol. The molecule has 0 aromatic heterocycles. The number of hydrogen-bond acceptors (Lipinski definition) is 2. The van der Waals surface area contributed by atoms with Crippen molar-refractivity contribution in [2.45, 2.75) is 64.6 Å². The maximum absolute atomic E-state index is 11.8. The topological polar surface area (TPSA) is 49.4 Å². The molecule has 1 rings (SSSR count). The minimum absolute atomic E-state index is 0.0797. The third-order valence-corrected chi connectivity index (χ3v) is 3.55. The fraction of sp³-hybridized carbons (Fsp3) is 0.714. The number of carbonyl (C=O) groups excluding carboxylic acids is 2. The lowest BCUT2D eigenvalue weighted by Gasteiger charge is -2.55. The third-order valence-electron chi connectivity index (χ3n) is 3.55. The van der Waals surface area contributed by atoms with Crippen molar-refractivity contribution in [3.63, 3.8) is 0 Å². The number of piperidine rings is 1. The second kappa shape index (κ2) is 4.75. The normalized spacial score (nSPS) is 22.4. The Hall–Kier alpha value is -1.32. The van der Waals surface area contributed by atoms with Crippen molar-refractivity contribution in [3.05, 3.63) is 12.7 Å². The number of nitrogens with zero attached hydrogens (tertiary/aromatic N) is 1. The van der Waals surface area contributed by atoms with Gasteiger partial charge in [-0.05, 0) is 46.6 Å². The molecule has 18 heavy (non-hydrogen) atoms. The van der Waals surface area contributed by atoms with Crippen molar-refractivity contribution in [3.8, 4) is 0 Å². The molecule has 1 aliphatic rings. The Morgan fingerprint density at radius 3 is 2.00 bits per heavy atom. The Kier molecular flexibility index (Phi) is 3.89. The van der Waals surface area contributed by atoms with E-state index >= 15 is 0 Å². The molecule has 0 atom stereocenters. The van der Waals surface area contributed by atoms with Crippen LogP contribution in [0.2, 0.25) is 0 Å². The molecule has 1 heterocycles. The first kappa shape index (κ1) is 14.7. The second-order valence-corrected chi connectivity index (χ2v) is 6.30. The summed E-state index contributed by atoms with van der Waals surface area (Å²) in [4.78, 5) is 25.2. The van der Waals surface area contributed by atoms with Gasteiger partial charge in [0.05, 0.1) is 0 Å². The van der Waals surface area contributed by atoms with Gasteiger partial charge in [0.1, 0.15) is 0 Å². The Balaban J connectivity index is 2.94. The highest BCUT2D eigenvalue weighted by molar-refractivity contribution is 5.87. The van der Waals surface area contributed by atoms with E-state index in [1.807, 2.05) is 32.6 Å². The molecule has 1 aliphatic heterocycles. The maximum Gasteiger partial charge on any atom is 0.243 e. The van der Waals surface area contributed by atoms with Crippen LogP contribution in [0.4, 0.5) is 0 Å². The average Bonchev–Trinajstić information content (AvgIpc) is 2.11. The molecule has 0 saturated carbocycles. The number of hydrogen-bond donors (Lipinski definition) is 1. The zero-order valence-electron chi connectivity index (χ0n) is 12.0. The van der Waals surface area contributed by atoms with Crippen molar-refractivity contribution in [2.75, 3.05) is 0 Å². The van der Waals surface area contributed by atoms with Gasteiger partial charge in [0.2, 0.25) is 11.8 Å². The minimum atomic E-state index is -0.257. The van der Waals surface area contributed by atoms with E-state index in [2.05, 4.69) is 11.9 Å². The van der Waals surface area contributed by atoms with Gasteiger partial charge < -0.3 is 10.2 Å². The first-order valence-electron chi connectivity index (χ1n) is 6.34. The minimum Gasteiger partial charge on any atom is -0.350 e. The van der Waals surface area contributed by atoms with Crippen LogP contribution in [-0.4, -0.2) is 33.8 Å². The summed E-state index contributed by atoms with van der Waals surface area (Å²) in [6.07, 6.45) is 2.81.